The van der Waals surface area contributed by atoms with Crippen LogP contribution in [0.2, 0.25) is 0 Å². The minimum atomic E-state index is -1.05. The summed E-state index contributed by atoms with van der Waals surface area (Å²) in [4.78, 5) is 34.9. The van der Waals surface area contributed by atoms with E-state index in [9.17, 15) is 14.4 Å². The van der Waals surface area contributed by atoms with E-state index in [0.717, 1.165) is 4.90 Å². The summed E-state index contributed by atoms with van der Waals surface area (Å²) in [6.45, 7) is 3.82. The number of carboxylic acids is 1. The molecule has 6 heteroatoms. The van der Waals surface area contributed by atoms with Crippen molar-refractivity contribution >= 4 is 17.8 Å². The van der Waals surface area contributed by atoms with Gasteiger partial charge in [0.15, 0.2) is 0 Å². The van der Waals surface area contributed by atoms with Gasteiger partial charge in [-0.05, 0) is 13.5 Å². The van der Waals surface area contributed by atoms with Gasteiger partial charge in [0.05, 0.1) is 6.04 Å². The van der Waals surface area contributed by atoms with E-state index in [1.54, 1.807) is 13.8 Å². The lowest BCUT2D eigenvalue weighted by atomic mass is 10.1. The van der Waals surface area contributed by atoms with Gasteiger partial charge in [0.1, 0.15) is 6.04 Å². The number of nitrogens with zero attached hydrogens (tertiary/aromatic N) is 1. The number of hydrogen-bond acceptors (Lipinski definition) is 4. The van der Waals surface area contributed by atoms with E-state index >= 15 is 0 Å². The maximum absolute atomic E-state index is 11.4. The second-order valence-corrected chi connectivity index (χ2v) is 3.77. The zero-order valence-corrected chi connectivity index (χ0v) is 9.40. The first kappa shape index (κ1) is 12.6. The standard InChI is InChI=1S/C10H16N2O4/c1-3-11-9(10(15)16)6(2)12-7(13)4-5-8(12)14/h6,9,11H,3-5H2,1-2H3,(H,15,16). The van der Waals surface area contributed by atoms with Crippen LogP contribution in [0.25, 0.3) is 0 Å². The van der Waals surface area contributed by atoms with Crippen LogP contribution in [0.15, 0.2) is 0 Å². The number of amides is 2. The van der Waals surface area contributed by atoms with Crippen LogP contribution in [-0.2, 0) is 14.4 Å². The Morgan fingerprint density at radius 1 is 1.44 bits per heavy atom. The van der Waals surface area contributed by atoms with Crippen molar-refractivity contribution in [2.45, 2.75) is 38.8 Å². The molecule has 90 valence electrons. The first-order chi connectivity index (χ1) is 7.49. The van der Waals surface area contributed by atoms with Gasteiger partial charge < -0.3 is 10.4 Å². The van der Waals surface area contributed by atoms with Gasteiger partial charge in [0.2, 0.25) is 11.8 Å². The molecule has 1 rings (SSSR count). The Labute approximate surface area is 93.6 Å². The molecule has 1 saturated heterocycles. The van der Waals surface area contributed by atoms with Crippen molar-refractivity contribution in [3.8, 4) is 0 Å². The highest BCUT2D eigenvalue weighted by molar-refractivity contribution is 6.02. The zero-order chi connectivity index (χ0) is 12.3. The van der Waals surface area contributed by atoms with E-state index in [4.69, 9.17) is 5.11 Å². The quantitative estimate of drug-likeness (QED) is 0.624. The van der Waals surface area contributed by atoms with Gasteiger partial charge in [-0.3, -0.25) is 19.3 Å². The summed E-state index contributed by atoms with van der Waals surface area (Å²) in [6, 6.07) is -1.56. The molecule has 0 radical (unpaired) electrons. The molecule has 1 fully saturated rings. The fourth-order valence-corrected chi connectivity index (χ4v) is 1.88. The predicted octanol–water partition coefficient (Wildman–Crippen LogP) is -0.413. The molecular weight excluding hydrogens is 212 g/mol. The Kier molecular flexibility index (Phi) is 4.00. The maximum atomic E-state index is 11.4. The van der Waals surface area contributed by atoms with Crippen molar-refractivity contribution in [1.82, 2.24) is 10.2 Å². The number of likely N-dealkylation sites (tertiary alicyclic amines) is 1. The summed E-state index contributed by atoms with van der Waals surface area (Å²) in [5.74, 6) is -1.63. The first-order valence-corrected chi connectivity index (χ1v) is 5.30. The number of aliphatic carboxylic acids is 1. The van der Waals surface area contributed by atoms with Crippen molar-refractivity contribution in [3.63, 3.8) is 0 Å². The molecule has 0 bridgehead atoms. The highest BCUT2D eigenvalue weighted by atomic mass is 16.4. The number of rotatable bonds is 5. The Morgan fingerprint density at radius 3 is 2.31 bits per heavy atom. The summed E-state index contributed by atoms with van der Waals surface area (Å²) < 4.78 is 0. The Bertz CT molecular complexity index is 300. The van der Waals surface area contributed by atoms with Crippen molar-refractivity contribution in [2.75, 3.05) is 6.54 Å². The second-order valence-electron chi connectivity index (χ2n) is 3.77. The number of imide groups is 1. The molecule has 2 unspecified atom stereocenters. The van der Waals surface area contributed by atoms with Crippen LogP contribution in [-0.4, -0.2) is 46.4 Å². The third-order valence-corrected chi connectivity index (χ3v) is 2.67. The molecule has 1 aliphatic rings. The summed E-state index contributed by atoms with van der Waals surface area (Å²) in [5.41, 5.74) is 0. The van der Waals surface area contributed by atoms with Gasteiger partial charge in [0, 0.05) is 12.8 Å². The third-order valence-electron chi connectivity index (χ3n) is 2.67. The molecule has 2 N–H and O–H groups in total. The molecule has 1 heterocycles. The monoisotopic (exact) mass is 228 g/mol. The van der Waals surface area contributed by atoms with E-state index in [2.05, 4.69) is 5.32 Å². The van der Waals surface area contributed by atoms with Gasteiger partial charge in [0.25, 0.3) is 0 Å². The summed E-state index contributed by atoms with van der Waals surface area (Å²) in [7, 11) is 0. The lowest BCUT2D eigenvalue weighted by molar-refractivity contribution is -0.146. The number of likely N-dealkylation sites (N-methyl/N-ethyl adjacent to an activating group) is 1. The smallest absolute Gasteiger partial charge is 0.322 e. The topological polar surface area (TPSA) is 86.7 Å². The summed E-state index contributed by atoms with van der Waals surface area (Å²) in [5, 5.41) is 11.8. The van der Waals surface area contributed by atoms with Crippen LogP contribution in [0.3, 0.4) is 0 Å². The average molecular weight is 228 g/mol. The van der Waals surface area contributed by atoms with Gasteiger partial charge in [-0.1, -0.05) is 6.92 Å². The molecule has 0 spiro atoms. The normalized spacial score (nSPS) is 20.0. The highest BCUT2D eigenvalue weighted by Gasteiger charge is 2.38. The van der Waals surface area contributed by atoms with Crippen LogP contribution in [0, 0.1) is 0 Å². The number of hydrogen-bond donors (Lipinski definition) is 2. The van der Waals surface area contributed by atoms with Crippen LogP contribution in [0.4, 0.5) is 0 Å². The van der Waals surface area contributed by atoms with Crippen molar-refractivity contribution in [1.29, 1.82) is 0 Å². The number of carbonyl (C=O) groups is 3. The third kappa shape index (κ3) is 2.38. The van der Waals surface area contributed by atoms with E-state index in [-0.39, 0.29) is 24.7 Å². The summed E-state index contributed by atoms with van der Waals surface area (Å²) >= 11 is 0. The Morgan fingerprint density at radius 2 is 1.94 bits per heavy atom. The number of nitrogens with one attached hydrogen (secondary N) is 1. The average Bonchev–Trinajstić information content (AvgIpc) is 2.54. The molecule has 0 aromatic heterocycles. The van der Waals surface area contributed by atoms with Crippen molar-refractivity contribution < 1.29 is 19.5 Å². The highest BCUT2D eigenvalue weighted by Crippen LogP contribution is 2.17. The van der Waals surface area contributed by atoms with Gasteiger partial charge >= 0.3 is 5.97 Å². The largest absolute Gasteiger partial charge is 0.480 e. The van der Waals surface area contributed by atoms with Crippen LogP contribution >= 0.6 is 0 Å². The molecule has 0 saturated carbocycles. The summed E-state index contributed by atoms with van der Waals surface area (Å²) in [6.07, 6.45) is 0.364. The van der Waals surface area contributed by atoms with E-state index < -0.39 is 18.1 Å². The van der Waals surface area contributed by atoms with E-state index in [0.29, 0.717) is 6.54 Å². The minimum Gasteiger partial charge on any atom is -0.480 e. The maximum Gasteiger partial charge on any atom is 0.322 e. The molecule has 16 heavy (non-hydrogen) atoms. The number of carboxylic acid groups (broad SMARTS) is 1. The van der Waals surface area contributed by atoms with Crippen LogP contribution < -0.4 is 5.32 Å². The van der Waals surface area contributed by atoms with Crippen molar-refractivity contribution in [3.05, 3.63) is 0 Å². The molecule has 2 atom stereocenters. The first-order valence-electron chi connectivity index (χ1n) is 5.30. The number of carbonyl (C=O) groups excluding carboxylic acids is 2. The van der Waals surface area contributed by atoms with Crippen molar-refractivity contribution in [2.24, 2.45) is 0 Å². The van der Waals surface area contributed by atoms with E-state index in [1.807, 2.05) is 0 Å². The molecule has 0 aromatic carbocycles. The second kappa shape index (κ2) is 5.07. The lowest BCUT2D eigenvalue weighted by Gasteiger charge is -2.28. The Hall–Kier alpha value is -1.43. The molecule has 1 aliphatic heterocycles. The molecular formula is C10H16N2O4. The Balaban J connectivity index is 2.80. The predicted molar refractivity (Wildman–Crippen MR) is 55.6 cm³/mol. The van der Waals surface area contributed by atoms with E-state index in [1.165, 1.54) is 0 Å². The molecule has 6 nitrogen and oxygen atoms in total. The molecule has 0 aromatic rings. The minimum absolute atomic E-state index is 0.182. The fourth-order valence-electron chi connectivity index (χ4n) is 1.88. The van der Waals surface area contributed by atoms with Gasteiger partial charge in [-0.2, -0.15) is 0 Å². The van der Waals surface area contributed by atoms with Gasteiger partial charge in [-0.15, -0.1) is 0 Å². The van der Waals surface area contributed by atoms with Crippen LogP contribution in [0.1, 0.15) is 26.7 Å². The zero-order valence-electron chi connectivity index (χ0n) is 9.40. The molecule has 0 aliphatic carbocycles. The van der Waals surface area contributed by atoms with Gasteiger partial charge in [-0.25, -0.2) is 0 Å². The molecule has 2 amide bonds. The van der Waals surface area contributed by atoms with Crippen LogP contribution in [0.5, 0.6) is 0 Å². The lowest BCUT2D eigenvalue weighted by Crippen LogP contribution is -2.54. The fraction of sp³-hybridized carbons (Fsp3) is 0.700. The SMILES string of the molecule is CCNC(C(=O)O)C(C)N1C(=O)CCC1=O.